The highest BCUT2D eigenvalue weighted by molar-refractivity contribution is 6.30. The molecule has 0 radical (unpaired) electrons. The number of fused-ring (bicyclic) bond motifs is 1. The highest BCUT2D eigenvalue weighted by atomic mass is 35.5. The Morgan fingerprint density at radius 1 is 1.25 bits per heavy atom. The van der Waals surface area contributed by atoms with Gasteiger partial charge in [0.25, 0.3) is 0 Å². The van der Waals surface area contributed by atoms with Crippen LogP contribution in [0.2, 0.25) is 5.02 Å². The Hall–Kier alpha value is -2.33. The molecule has 3 rings (SSSR count). The molecule has 0 saturated carbocycles. The van der Waals surface area contributed by atoms with E-state index in [4.69, 9.17) is 16.3 Å². The maximum atomic E-state index is 11.1. The van der Waals surface area contributed by atoms with Crippen molar-refractivity contribution in [3.8, 4) is 11.4 Å². The summed E-state index contributed by atoms with van der Waals surface area (Å²) in [6.45, 7) is 1.37. The van der Waals surface area contributed by atoms with Gasteiger partial charge in [-0.15, -0.1) is 0 Å². The maximum Gasteiger partial charge on any atom is 0.308 e. The molecule has 0 amide bonds. The van der Waals surface area contributed by atoms with Crippen LogP contribution in [0.5, 0.6) is 5.75 Å². The molecule has 0 aliphatic heterocycles. The highest BCUT2D eigenvalue weighted by Gasteiger charge is 2.09. The predicted molar refractivity (Wildman–Crippen MR) is 77.4 cm³/mol. The van der Waals surface area contributed by atoms with Crippen LogP contribution in [0.3, 0.4) is 0 Å². The molecule has 0 saturated heterocycles. The Morgan fingerprint density at radius 2 is 2.05 bits per heavy atom. The predicted octanol–water partition coefficient (Wildman–Crippen LogP) is 3.60. The molecular weight excluding hydrogens is 276 g/mol. The SMILES string of the molecule is CC(=O)Oc1cccc2cn(-c3cccc(Cl)c3)nc12. The summed E-state index contributed by atoms with van der Waals surface area (Å²) >= 11 is 5.98. The average molecular weight is 287 g/mol. The zero-order valence-corrected chi connectivity index (χ0v) is 11.5. The van der Waals surface area contributed by atoms with Crippen LogP contribution in [-0.4, -0.2) is 15.7 Å². The van der Waals surface area contributed by atoms with Gasteiger partial charge in [0.2, 0.25) is 0 Å². The molecule has 0 atom stereocenters. The largest absolute Gasteiger partial charge is 0.424 e. The van der Waals surface area contributed by atoms with Crippen molar-refractivity contribution >= 4 is 28.5 Å². The first kappa shape index (κ1) is 12.7. The van der Waals surface area contributed by atoms with Crippen molar-refractivity contribution in [2.24, 2.45) is 0 Å². The molecular formula is C15H11ClN2O2. The second-order valence-electron chi connectivity index (χ2n) is 4.34. The van der Waals surface area contributed by atoms with E-state index in [-0.39, 0.29) is 5.97 Å². The van der Waals surface area contributed by atoms with E-state index in [1.54, 1.807) is 16.8 Å². The fraction of sp³-hybridized carbons (Fsp3) is 0.0667. The minimum Gasteiger partial charge on any atom is -0.424 e. The van der Waals surface area contributed by atoms with E-state index in [9.17, 15) is 4.79 Å². The molecule has 1 aromatic heterocycles. The lowest BCUT2D eigenvalue weighted by atomic mass is 10.2. The second-order valence-corrected chi connectivity index (χ2v) is 4.78. The Kier molecular flexibility index (Phi) is 3.16. The van der Waals surface area contributed by atoms with Crippen LogP contribution in [0.15, 0.2) is 48.7 Å². The van der Waals surface area contributed by atoms with Crippen LogP contribution in [0, 0.1) is 0 Å². The monoisotopic (exact) mass is 286 g/mol. The number of ether oxygens (including phenoxy) is 1. The summed E-state index contributed by atoms with van der Waals surface area (Å²) in [7, 11) is 0. The second kappa shape index (κ2) is 4.98. The summed E-state index contributed by atoms with van der Waals surface area (Å²) in [5.41, 5.74) is 1.49. The van der Waals surface area contributed by atoms with Gasteiger partial charge in [-0.3, -0.25) is 4.79 Å². The lowest BCUT2D eigenvalue weighted by Crippen LogP contribution is -2.02. The first-order valence-electron chi connectivity index (χ1n) is 6.06. The van der Waals surface area contributed by atoms with E-state index in [2.05, 4.69) is 5.10 Å². The minimum absolute atomic E-state index is 0.366. The third-order valence-corrected chi connectivity index (χ3v) is 3.06. The Morgan fingerprint density at radius 3 is 2.80 bits per heavy atom. The Labute approximate surface area is 120 Å². The molecule has 0 N–H and O–H groups in total. The van der Waals surface area contributed by atoms with Crippen molar-refractivity contribution in [3.63, 3.8) is 0 Å². The van der Waals surface area contributed by atoms with Gasteiger partial charge < -0.3 is 4.74 Å². The van der Waals surface area contributed by atoms with Crippen LogP contribution in [-0.2, 0) is 4.79 Å². The molecule has 0 spiro atoms. The van der Waals surface area contributed by atoms with Crippen LogP contribution in [0.25, 0.3) is 16.6 Å². The summed E-state index contributed by atoms with van der Waals surface area (Å²) in [6, 6.07) is 12.8. The molecule has 4 nitrogen and oxygen atoms in total. The fourth-order valence-corrected chi connectivity index (χ4v) is 2.19. The zero-order valence-electron chi connectivity index (χ0n) is 10.7. The molecule has 100 valence electrons. The van der Waals surface area contributed by atoms with Crippen molar-refractivity contribution < 1.29 is 9.53 Å². The van der Waals surface area contributed by atoms with E-state index < -0.39 is 0 Å². The molecule has 0 aliphatic carbocycles. The quantitative estimate of drug-likeness (QED) is 0.534. The summed E-state index contributed by atoms with van der Waals surface area (Å²) in [6.07, 6.45) is 1.87. The number of benzene rings is 2. The van der Waals surface area contributed by atoms with Gasteiger partial charge in [-0.1, -0.05) is 29.8 Å². The van der Waals surface area contributed by atoms with Gasteiger partial charge in [0.05, 0.1) is 5.69 Å². The normalized spacial score (nSPS) is 10.7. The van der Waals surface area contributed by atoms with E-state index in [1.807, 2.05) is 36.5 Å². The van der Waals surface area contributed by atoms with Crippen molar-refractivity contribution in [3.05, 3.63) is 53.7 Å². The van der Waals surface area contributed by atoms with Crippen LogP contribution in [0.1, 0.15) is 6.92 Å². The van der Waals surface area contributed by atoms with E-state index in [1.165, 1.54) is 6.92 Å². The number of aromatic nitrogens is 2. The molecule has 5 heteroatoms. The average Bonchev–Trinajstić information content (AvgIpc) is 2.83. The number of rotatable bonds is 2. The number of hydrogen-bond donors (Lipinski definition) is 0. The third-order valence-electron chi connectivity index (χ3n) is 2.83. The summed E-state index contributed by atoms with van der Waals surface area (Å²) in [5, 5.41) is 5.99. The molecule has 20 heavy (non-hydrogen) atoms. The van der Waals surface area contributed by atoms with Crippen molar-refractivity contribution in [1.82, 2.24) is 9.78 Å². The third kappa shape index (κ3) is 2.38. The standard InChI is InChI=1S/C15H11ClN2O2/c1-10(19)20-14-7-2-4-11-9-18(17-15(11)14)13-6-3-5-12(16)8-13/h2-9H,1H3. The zero-order chi connectivity index (χ0) is 14.1. The van der Waals surface area contributed by atoms with Crippen molar-refractivity contribution in [1.29, 1.82) is 0 Å². The van der Waals surface area contributed by atoms with Gasteiger partial charge in [-0.25, -0.2) is 4.68 Å². The van der Waals surface area contributed by atoms with E-state index >= 15 is 0 Å². The van der Waals surface area contributed by atoms with Gasteiger partial charge in [0.15, 0.2) is 5.75 Å². The number of halogens is 1. The molecule has 0 bridgehead atoms. The molecule has 2 aromatic carbocycles. The minimum atomic E-state index is -0.366. The lowest BCUT2D eigenvalue weighted by molar-refractivity contribution is -0.131. The first-order valence-corrected chi connectivity index (χ1v) is 6.44. The number of carbonyl (C=O) groups excluding carboxylic acids is 1. The number of hydrogen-bond acceptors (Lipinski definition) is 3. The van der Waals surface area contributed by atoms with Crippen LogP contribution in [0.4, 0.5) is 0 Å². The smallest absolute Gasteiger partial charge is 0.308 e. The van der Waals surface area contributed by atoms with E-state index in [0.717, 1.165) is 11.1 Å². The number of esters is 1. The molecule has 1 heterocycles. The van der Waals surface area contributed by atoms with Crippen LogP contribution < -0.4 is 4.74 Å². The van der Waals surface area contributed by atoms with Gasteiger partial charge >= 0.3 is 5.97 Å². The van der Waals surface area contributed by atoms with Crippen LogP contribution >= 0.6 is 11.6 Å². The number of carbonyl (C=O) groups is 1. The summed E-state index contributed by atoms with van der Waals surface area (Å²) in [5.74, 6) is 0.0885. The molecule has 0 fully saturated rings. The number of nitrogens with zero attached hydrogens (tertiary/aromatic N) is 2. The topological polar surface area (TPSA) is 44.1 Å². The molecule has 3 aromatic rings. The molecule has 0 aliphatic rings. The van der Waals surface area contributed by atoms with Gasteiger partial charge in [0, 0.05) is 23.5 Å². The molecule has 0 unspecified atom stereocenters. The lowest BCUT2D eigenvalue weighted by Gasteiger charge is -2.01. The highest BCUT2D eigenvalue weighted by Crippen LogP contribution is 2.26. The summed E-state index contributed by atoms with van der Waals surface area (Å²) < 4.78 is 6.87. The Bertz CT molecular complexity index is 795. The first-order chi connectivity index (χ1) is 9.63. The fourth-order valence-electron chi connectivity index (χ4n) is 2.01. The Balaban J connectivity index is 2.13. The van der Waals surface area contributed by atoms with Gasteiger partial charge in [0.1, 0.15) is 5.52 Å². The summed E-state index contributed by atoms with van der Waals surface area (Å²) in [4.78, 5) is 11.1. The van der Waals surface area contributed by atoms with Crippen molar-refractivity contribution in [2.45, 2.75) is 6.92 Å². The van der Waals surface area contributed by atoms with Gasteiger partial charge in [-0.2, -0.15) is 5.10 Å². The van der Waals surface area contributed by atoms with Gasteiger partial charge in [-0.05, 0) is 24.3 Å². The van der Waals surface area contributed by atoms with E-state index in [0.29, 0.717) is 16.3 Å². The van der Waals surface area contributed by atoms with Crippen molar-refractivity contribution in [2.75, 3.05) is 0 Å². The maximum absolute atomic E-state index is 11.1.